The Morgan fingerprint density at radius 1 is 1.47 bits per heavy atom. The SMILES string of the molecule is COc1cccc(F)c1C(C)(O)Cc1cn(C)nn1. The zero-order valence-electron chi connectivity index (χ0n) is 11.1. The molecule has 1 unspecified atom stereocenters. The van der Waals surface area contributed by atoms with Gasteiger partial charge in [0, 0.05) is 19.7 Å². The molecule has 2 aromatic rings. The van der Waals surface area contributed by atoms with E-state index in [1.165, 1.54) is 30.8 Å². The zero-order valence-corrected chi connectivity index (χ0v) is 11.1. The molecule has 0 aliphatic carbocycles. The number of aliphatic hydroxyl groups is 1. The van der Waals surface area contributed by atoms with Gasteiger partial charge in [-0.25, -0.2) is 4.39 Å². The zero-order chi connectivity index (χ0) is 14.0. The van der Waals surface area contributed by atoms with Crippen LogP contribution in [0, 0.1) is 5.82 Å². The second kappa shape index (κ2) is 4.97. The van der Waals surface area contributed by atoms with Crippen LogP contribution in [0.2, 0.25) is 0 Å². The standard InChI is InChI=1S/C13H16FN3O2/c1-13(18,7-9-8-17(2)16-15-9)12-10(14)5-4-6-11(12)19-3/h4-6,8,18H,7H2,1-3H3. The molecule has 2 rings (SSSR count). The third-order valence-electron chi connectivity index (χ3n) is 2.91. The van der Waals surface area contributed by atoms with Crippen LogP contribution < -0.4 is 4.74 Å². The molecule has 0 saturated heterocycles. The van der Waals surface area contributed by atoms with Crippen LogP contribution in [0.4, 0.5) is 4.39 Å². The fourth-order valence-electron chi connectivity index (χ4n) is 2.11. The van der Waals surface area contributed by atoms with E-state index in [9.17, 15) is 9.50 Å². The molecular weight excluding hydrogens is 249 g/mol. The van der Waals surface area contributed by atoms with Gasteiger partial charge in [0.2, 0.25) is 0 Å². The van der Waals surface area contributed by atoms with Crippen LogP contribution in [0.25, 0.3) is 0 Å². The van der Waals surface area contributed by atoms with Gasteiger partial charge in [-0.05, 0) is 19.1 Å². The summed E-state index contributed by atoms with van der Waals surface area (Å²) in [5, 5.41) is 18.2. The minimum atomic E-state index is -1.42. The summed E-state index contributed by atoms with van der Waals surface area (Å²) in [6.45, 7) is 1.53. The van der Waals surface area contributed by atoms with Crippen molar-refractivity contribution in [2.45, 2.75) is 18.9 Å². The average Bonchev–Trinajstić information content (AvgIpc) is 2.73. The monoisotopic (exact) mass is 265 g/mol. The predicted molar refractivity (Wildman–Crippen MR) is 67.2 cm³/mol. The van der Waals surface area contributed by atoms with Crippen molar-refractivity contribution in [2.24, 2.45) is 7.05 Å². The van der Waals surface area contributed by atoms with Crippen LogP contribution in [0.5, 0.6) is 5.75 Å². The third kappa shape index (κ3) is 2.73. The molecule has 102 valence electrons. The summed E-state index contributed by atoms with van der Waals surface area (Å²) in [6.07, 6.45) is 1.83. The molecule has 0 saturated carbocycles. The minimum Gasteiger partial charge on any atom is -0.496 e. The van der Waals surface area contributed by atoms with Gasteiger partial charge in [-0.2, -0.15) is 0 Å². The number of ether oxygens (including phenoxy) is 1. The van der Waals surface area contributed by atoms with Crippen LogP contribution in [-0.2, 0) is 19.1 Å². The highest BCUT2D eigenvalue weighted by molar-refractivity contribution is 5.39. The van der Waals surface area contributed by atoms with Gasteiger partial charge >= 0.3 is 0 Å². The predicted octanol–water partition coefficient (Wildman–Crippen LogP) is 1.41. The van der Waals surface area contributed by atoms with Gasteiger partial charge in [0.05, 0.1) is 24.0 Å². The van der Waals surface area contributed by atoms with Gasteiger partial charge in [0.1, 0.15) is 11.6 Å². The Hall–Kier alpha value is -1.95. The van der Waals surface area contributed by atoms with E-state index in [0.717, 1.165) is 0 Å². The van der Waals surface area contributed by atoms with Gasteiger partial charge in [-0.15, -0.1) is 5.10 Å². The van der Waals surface area contributed by atoms with Gasteiger partial charge in [-0.1, -0.05) is 11.3 Å². The Morgan fingerprint density at radius 2 is 2.21 bits per heavy atom. The van der Waals surface area contributed by atoms with E-state index in [0.29, 0.717) is 11.4 Å². The first-order valence-corrected chi connectivity index (χ1v) is 5.84. The lowest BCUT2D eigenvalue weighted by molar-refractivity contribution is 0.0500. The largest absolute Gasteiger partial charge is 0.496 e. The van der Waals surface area contributed by atoms with Gasteiger partial charge < -0.3 is 9.84 Å². The Bertz CT molecular complexity index is 581. The summed E-state index contributed by atoms with van der Waals surface area (Å²) in [5.74, 6) is -0.192. The van der Waals surface area contributed by atoms with Crippen molar-refractivity contribution in [2.75, 3.05) is 7.11 Å². The van der Waals surface area contributed by atoms with Crippen molar-refractivity contribution in [3.05, 3.63) is 41.5 Å². The molecule has 1 aromatic heterocycles. The summed E-state index contributed by atoms with van der Waals surface area (Å²) < 4.78 is 20.6. The van der Waals surface area contributed by atoms with Crippen molar-refractivity contribution in [1.29, 1.82) is 0 Å². The number of aromatic nitrogens is 3. The first-order valence-electron chi connectivity index (χ1n) is 5.84. The molecule has 0 spiro atoms. The van der Waals surface area contributed by atoms with Gasteiger partial charge in [0.25, 0.3) is 0 Å². The second-order valence-corrected chi connectivity index (χ2v) is 4.65. The highest BCUT2D eigenvalue weighted by Crippen LogP contribution is 2.34. The molecular formula is C13H16FN3O2. The number of aryl methyl sites for hydroxylation is 1. The topological polar surface area (TPSA) is 60.2 Å². The molecule has 0 bridgehead atoms. The van der Waals surface area contributed by atoms with Crippen LogP contribution in [0.3, 0.4) is 0 Å². The van der Waals surface area contributed by atoms with E-state index in [1.54, 1.807) is 19.3 Å². The second-order valence-electron chi connectivity index (χ2n) is 4.65. The van der Waals surface area contributed by atoms with Crippen molar-refractivity contribution < 1.29 is 14.2 Å². The summed E-state index contributed by atoms with van der Waals surface area (Å²) in [6, 6.07) is 4.45. The number of rotatable bonds is 4. The number of benzene rings is 1. The maximum Gasteiger partial charge on any atom is 0.133 e. The van der Waals surface area contributed by atoms with Crippen molar-refractivity contribution in [3.63, 3.8) is 0 Å². The van der Waals surface area contributed by atoms with Crippen molar-refractivity contribution in [1.82, 2.24) is 15.0 Å². The first kappa shape index (κ1) is 13.5. The molecule has 1 heterocycles. The fourth-order valence-corrected chi connectivity index (χ4v) is 2.11. The van der Waals surface area contributed by atoms with Crippen molar-refractivity contribution in [3.8, 4) is 5.75 Å². The van der Waals surface area contributed by atoms with Gasteiger partial charge in [-0.3, -0.25) is 4.68 Å². The Morgan fingerprint density at radius 3 is 2.79 bits per heavy atom. The smallest absolute Gasteiger partial charge is 0.133 e. The highest BCUT2D eigenvalue weighted by atomic mass is 19.1. The first-order chi connectivity index (χ1) is 8.94. The van der Waals surface area contributed by atoms with E-state index >= 15 is 0 Å². The van der Waals surface area contributed by atoms with Crippen LogP contribution >= 0.6 is 0 Å². The molecule has 1 aromatic carbocycles. The highest BCUT2D eigenvalue weighted by Gasteiger charge is 2.31. The molecule has 1 atom stereocenters. The van der Waals surface area contributed by atoms with Crippen LogP contribution in [-0.4, -0.2) is 27.2 Å². The Balaban J connectivity index is 2.38. The molecule has 19 heavy (non-hydrogen) atoms. The average molecular weight is 265 g/mol. The lowest BCUT2D eigenvalue weighted by Gasteiger charge is -2.25. The normalized spacial score (nSPS) is 14.2. The number of hydrogen-bond acceptors (Lipinski definition) is 4. The molecule has 6 heteroatoms. The van der Waals surface area contributed by atoms with Gasteiger partial charge in [0.15, 0.2) is 0 Å². The molecule has 0 radical (unpaired) electrons. The lowest BCUT2D eigenvalue weighted by Crippen LogP contribution is -2.26. The lowest BCUT2D eigenvalue weighted by atomic mass is 9.90. The van der Waals surface area contributed by atoms with E-state index in [2.05, 4.69) is 10.3 Å². The minimum absolute atomic E-state index is 0.128. The Kier molecular flexibility index (Phi) is 3.53. The summed E-state index contributed by atoms with van der Waals surface area (Å²) in [5.41, 5.74) is -0.715. The number of hydrogen-bond donors (Lipinski definition) is 1. The van der Waals surface area contributed by atoms with E-state index in [-0.39, 0.29) is 12.0 Å². The molecule has 0 aliphatic heterocycles. The van der Waals surface area contributed by atoms with Crippen molar-refractivity contribution >= 4 is 0 Å². The molecule has 0 fully saturated rings. The number of nitrogens with zero attached hydrogens (tertiary/aromatic N) is 3. The molecule has 0 aliphatic rings. The number of halogens is 1. The molecule has 5 nitrogen and oxygen atoms in total. The summed E-state index contributed by atoms with van der Waals surface area (Å²) in [4.78, 5) is 0. The quantitative estimate of drug-likeness (QED) is 0.908. The van der Waals surface area contributed by atoms with E-state index < -0.39 is 11.4 Å². The molecule has 0 amide bonds. The third-order valence-corrected chi connectivity index (χ3v) is 2.91. The van der Waals surface area contributed by atoms with E-state index in [1.807, 2.05) is 0 Å². The Labute approximate surface area is 110 Å². The fraction of sp³-hybridized carbons (Fsp3) is 0.385. The summed E-state index contributed by atoms with van der Waals surface area (Å²) >= 11 is 0. The van der Waals surface area contributed by atoms with E-state index in [4.69, 9.17) is 4.74 Å². The van der Waals surface area contributed by atoms with Crippen LogP contribution in [0.15, 0.2) is 24.4 Å². The summed E-state index contributed by atoms with van der Waals surface area (Å²) in [7, 11) is 3.17. The number of methoxy groups -OCH3 is 1. The maximum absolute atomic E-state index is 14.0. The molecule has 1 N–H and O–H groups in total. The van der Waals surface area contributed by atoms with Crippen LogP contribution in [0.1, 0.15) is 18.2 Å². The maximum atomic E-state index is 14.0.